The smallest absolute Gasteiger partial charge is 0.0312 e. The zero-order chi connectivity index (χ0) is 7.84. The lowest BCUT2D eigenvalue weighted by molar-refractivity contribution is 0.707. The normalized spacial score (nSPS) is 22.2. The first kappa shape index (κ1) is 7.32. The molecule has 0 bridgehead atoms. The Morgan fingerprint density at radius 2 is 2.55 bits per heavy atom. The molecular weight excluding hydrogens is 154 g/mol. The van der Waals surface area contributed by atoms with Crippen LogP contribution in [0.5, 0.6) is 0 Å². The van der Waals surface area contributed by atoms with Crippen LogP contribution in [-0.4, -0.2) is 0 Å². The summed E-state index contributed by atoms with van der Waals surface area (Å²) < 4.78 is 0. The molecule has 1 unspecified atom stereocenters. The number of thiophene rings is 1. The molecule has 1 aromatic rings. The van der Waals surface area contributed by atoms with Gasteiger partial charge in [-0.3, -0.25) is 0 Å². The molecule has 0 saturated carbocycles. The Morgan fingerprint density at radius 3 is 3.27 bits per heavy atom. The van der Waals surface area contributed by atoms with Gasteiger partial charge in [0.05, 0.1) is 0 Å². The van der Waals surface area contributed by atoms with Crippen molar-refractivity contribution in [2.24, 2.45) is 5.73 Å². The Hall–Kier alpha value is -0.340. The summed E-state index contributed by atoms with van der Waals surface area (Å²) in [6, 6.07) is 0.339. The van der Waals surface area contributed by atoms with Gasteiger partial charge in [-0.15, -0.1) is 11.3 Å². The molecule has 0 amide bonds. The SMILES string of the molecule is CCc1csc2c1C(N)CC2. The highest BCUT2D eigenvalue weighted by atomic mass is 32.1. The topological polar surface area (TPSA) is 26.0 Å². The van der Waals surface area contributed by atoms with Gasteiger partial charge in [-0.25, -0.2) is 0 Å². The van der Waals surface area contributed by atoms with Crippen LogP contribution in [-0.2, 0) is 12.8 Å². The summed E-state index contributed by atoms with van der Waals surface area (Å²) in [6.45, 7) is 2.20. The van der Waals surface area contributed by atoms with Crippen molar-refractivity contribution in [2.45, 2.75) is 32.2 Å². The van der Waals surface area contributed by atoms with E-state index in [2.05, 4.69) is 12.3 Å². The van der Waals surface area contributed by atoms with Gasteiger partial charge in [-0.05, 0) is 35.8 Å². The maximum absolute atomic E-state index is 5.97. The van der Waals surface area contributed by atoms with Crippen molar-refractivity contribution in [3.8, 4) is 0 Å². The van der Waals surface area contributed by atoms with Crippen molar-refractivity contribution in [3.05, 3.63) is 21.4 Å². The van der Waals surface area contributed by atoms with Gasteiger partial charge in [0, 0.05) is 10.9 Å². The second-order valence-corrected chi connectivity index (χ2v) is 4.06. The van der Waals surface area contributed by atoms with E-state index >= 15 is 0 Å². The van der Waals surface area contributed by atoms with Crippen LogP contribution >= 0.6 is 11.3 Å². The van der Waals surface area contributed by atoms with Crippen molar-refractivity contribution in [3.63, 3.8) is 0 Å². The van der Waals surface area contributed by atoms with E-state index in [-0.39, 0.29) is 0 Å². The number of hydrogen-bond acceptors (Lipinski definition) is 2. The molecule has 1 nitrogen and oxygen atoms in total. The van der Waals surface area contributed by atoms with E-state index in [4.69, 9.17) is 5.73 Å². The van der Waals surface area contributed by atoms with Crippen LogP contribution in [0.2, 0.25) is 0 Å². The summed E-state index contributed by atoms with van der Waals surface area (Å²) in [5.74, 6) is 0. The van der Waals surface area contributed by atoms with Crippen LogP contribution in [0.3, 0.4) is 0 Å². The quantitative estimate of drug-likeness (QED) is 0.682. The lowest BCUT2D eigenvalue weighted by Crippen LogP contribution is -2.06. The number of rotatable bonds is 1. The van der Waals surface area contributed by atoms with Crippen molar-refractivity contribution < 1.29 is 0 Å². The van der Waals surface area contributed by atoms with E-state index in [1.54, 1.807) is 0 Å². The predicted octanol–water partition coefficient (Wildman–Crippen LogP) is 2.26. The first-order chi connectivity index (χ1) is 5.33. The molecule has 0 aliphatic heterocycles. The van der Waals surface area contributed by atoms with E-state index in [0.29, 0.717) is 6.04 Å². The van der Waals surface area contributed by atoms with Gasteiger partial charge in [0.1, 0.15) is 0 Å². The second kappa shape index (κ2) is 2.61. The first-order valence-electron chi connectivity index (χ1n) is 4.17. The number of nitrogens with two attached hydrogens (primary N) is 1. The minimum absolute atomic E-state index is 0.339. The lowest BCUT2D eigenvalue weighted by atomic mass is 10.1. The zero-order valence-corrected chi connectivity index (χ0v) is 7.58. The molecule has 1 aliphatic rings. The maximum Gasteiger partial charge on any atom is 0.0312 e. The van der Waals surface area contributed by atoms with Crippen LogP contribution in [0, 0.1) is 0 Å². The zero-order valence-electron chi connectivity index (χ0n) is 6.76. The Labute approximate surface area is 71.2 Å². The van der Waals surface area contributed by atoms with Gasteiger partial charge in [-0.2, -0.15) is 0 Å². The fourth-order valence-corrected chi connectivity index (χ4v) is 3.01. The predicted molar refractivity (Wildman–Crippen MR) is 48.9 cm³/mol. The van der Waals surface area contributed by atoms with Crippen molar-refractivity contribution >= 4 is 11.3 Å². The molecule has 11 heavy (non-hydrogen) atoms. The van der Waals surface area contributed by atoms with Gasteiger partial charge in [0.2, 0.25) is 0 Å². The minimum atomic E-state index is 0.339. The largest absolute Gasteiger partial charge is 0.324 e. The molecule has 60 valence electrons. The van der Waals surface area contributed by atoms with E-state index < -0.39 is 0 Å². The summed E-state index contributed by atoms with van der Waals surface area (Å²) in [6.07, 6.45) is 3.51. The third-order valence-corrected chi connectivity index (χ3v) is 3.53. The Bertz CT molecular complexity index is 265. The Balaban J connectivity index is 2.46. The van der Waals surface area contributed by atoms with E-state index in [1.807, 2.05) is 11.3 Å². The lowest BCUT2D eigenvalue weighted by Gasteiger charge is -2.03. The highest BCUT2D eigenvalue weighted by molar-refractivity contribution is 7.10. The fraction of sp³-hybridized carbons (Fsp3) is 0.556. The van der Waals surface area contributed by atoms with Gasteiger partial charge in [-0.1, -0.05) is 6.92 Å². The Morgan fingerprint density at radius 1 is 1.73 bits per heavy atom. The number of hydrogen-bond donors (Lipinski definition) is 1. The monoisotopic (exact) mass is 167 g/mol. The second-order valence-electron chi connectivity index (χ2n) is 3.10. The van der Waals surface area contributed by atoms with Crippen LogP contribution in [0.1, 0.15) is 35.4 Å². The molecule has 0 fully saturated rings. The van der Waals surface area contributed by atoms with Gasteiger partial charge < -0.3 is 5.73 Å². The molecule has 0 radical (unpaired) electrons. The van der Waals surface area contributed by atoms with Crippen LogP contribution in [0.25, 0.3) is 0 Å². The molecule has 1 heterocycles. The average Bonchev–Trinajstić information content (AvgIpc) is 2.54. The van der Waals surface area contributed by atoms with Gasteiger partial charge >= 0.3 is 0 Å². The molecule has 0 saturated heterocycles. The van der Waals surface area contributed by atoms with Crippen LogP contribution in [0.15, 0.2) is 5.38 Å². The van der Waals surface area contributed by atoms with Crippen molar-refractivity contribution in [1.29, 1.82) is 0 Å². The van der Waals surface area contributed by atoms with Crippen LogP contribution in [0.4, 0.5) is 0 Å². The molecular formula is C9H13NS. The molecule has 1 aliphatic carbocycles. The van der Waals surface area contributed by atoms with E-state index in [0.717, 1.165) is 12.8 Å². The van der Waals surface area contributed by atoms with Gasteiger partial charge in [0.15, 0.2) is 0 Å². The minimum Gasteiger partial charge on any atom is -0.324 e. The first-order valence-corrected chi connectivity index (χ1v) is 5.05. The average molecular weight is 167 g/mol. The molecule has 2 rings (SSSR count). The third kappa shape index (κ3) is 1.01. The van der Waals surface area contributed by atoms with Crippen molar-refractivity contribution in [2.75, 3.05) is 0 Å². The maximum atomic E-state index is 5.97. The summed E-state index contributed by atoms with van der Waals surface area (Å²) in [5.41, 5.74) is 8.93. The summed E-state index contributed by atoms with van der Waals surface area (Å²) in [5, 5.41) is 2.27. The molecule has 0 spiro atoms. The molecule has 0 aromatic carbocycles. The summed E-state index contributed by atoms with van der Waals surface area (Å²) in [4.78, 5) is 1.54. The molecule has 2 N–H and O–H groups in total. The van der Waals surface area contributed by atoms with Crippen LogP contribution < -0.4 is 5.73 Å². The highest BCUT2D eigenvalue weighted by Gasteiger charge is 2.22. The molecule has 2 heteroatoms. The third-order valence-electron chi connectivity index (χ3n) is 2.42. The number of fused-ring (bicyclic) bond motifs is 1. The number of aryl methyl sites for hydroxylation is 2. The van der Waals surface area contributed by atoms with E-state index in [1.165, 1.54) is 22.4 Å². The standard InChI is InChI=1S/C9H13NS/c1-2-6-5-11-8-4-3-7(10)9(6)8/h5,7H,2-4,10H2,1H3. The molecule has 1 atom stereocenters. The fourth-order valence-electron chi connectivity index (χ4n) is 1.79. The highest BCUT2D eigenvalue weighted by Crippen LogP contribution is 2.36. The van der Waals surface area contributed by atoms with Crippen molar-refractivity contribution in [1.82, 2.24) is 0 Å². The summed E-state index contributed by atoms with van der Waals surface area (Å²) >= 11 is 1.89. The molecule has 1 aromatic heterocycles. The summed E-state index contributed by atoms with van der Waals surface area (Å²) in [7, 11) is 0. The van der Waals surface area contributed by atoms with E-state index in [9.17, 15) is 0 Å². The van der Waals surface area contributed by atoms with Gasteiger partial charge in [0.25, 0.3) is 0 Å². The Kier molecular flexibility index (Phi) is 1.74.